The first kappa shape index (κ1) is 15.0. The number of hydrogen-bond acceptors (Lipinski definition) is 3. The van der Waals surface area contributed by atoms with E-state index in [4.69, 9.17) is 0 Å². The molecule has 2 rings (SSSR count). The third kappa shape index (κ3) is 4.29. The Morgan fingerprint density at radius 2 is 2.42 bits per heavy atom. The first-order valence-corrected chi connectivity index (χ1v) is 8.50. The van der Waals surface area contributed by atoms with Crippen molar-refractivity contribution in [2.45, 2.75) is 32.7 Å². The fourth-order valence-electron chi connectivity index (χ4n) is 2.42. The first-order chi connectivity index (χ1) is 9.06. The summed E-state index contributed by atoms with van der Waals surface area (Å²) in [6.07, 6.45) is 2.33. The Labute approximate surface area is 127 Å². The molecule has 0 radical (unpaired) electrons. The van der Waals surface area contributed by atoms with Gasteiger partial charge in [0, 0.05) is 24.5 Å². The summed E-state index contributed by atoms with van der Waals surface area (Å²) < 4.78 is 1.02. The minimum absolute atomic E-state index is 0.177. The molecule has 1 aromatic heterocycles. The highest BCUT2D eigenvalue weighted by molar-refractivity contribution is 9.11. The average molecular weight is 345 g/mol. The molecule has 1 aliphatic rings. The predicted molar refractivity (Wildman–Crippen MR) is 83.8 cm³/mol. The number of piperidine rings is 1. The molecule has 1 atom stereocenters. The van der Waals surface area contributed by atoms with Gasteiger partial charge in [-0.3, -0.25) is 4.79 Å². The van der Waals surface area contributed by atoms with E-state index in [-0.39, 0.29) is 5.91 Å². The third-order valence-corrected chi connectivity index (χ3v) is 4.94. The lowest BCUT2D eigenvalue weighted by Crippen LogP contribution is -2.43. The molecule has 0 spiro atoms. The lowest BCUT2D eigenvalue weighted by molar-refractivity contribution is 0.0673. The Hall–Kier alpha value is -0.390. The zero-order chi connectivity index (χ0) is 13.8. The van der Waals surface area contributed by atoms with Gasteiger partial charge in [0.2, 0.25) is 0 Å². The van der Waals surface area contributed by atoms with Gasteiger partial charge in [0.25, 0.3) is 5.91 Å². The van der Waals surface area contributed by atoms with Crippen molar-refractivity contribution in [1.29, 1.82) is 0 Å². The smallest absolute Gasteiger partial charge is 0.254 e. The second kappa shape index (κ2) is 6.86. The Balaban J connectivity index is 1.91. The molecule has 3 nitrogen and oxygen atoms in total. The van der Waals surface area contributed by atoms with Crippen LogP contribution in [0.1, 0.15) is 37.0 Å². The minimum atomic E-state index is 0.177. The average Bonchev–Trinajstić information content (AvgIpc) is 2.82. The Morgan fingerprint density at radius 3 is 3.05 bits per heavy atom. The second-order valence-electron chi connectivity index (χ2n) is 5.46. The second-order valence-corrected chi connectivity index (χ2v) is 7.75. The molecule has 1 unspecified atom stereocenters. The van der Waals surface area contributed by atoms with E-state index in [9.17, 15) is 4.79 Å². The van der Waals surface area contributed by atoms with Crippen LogP contribution in [-0.2, 0) is 0 Å². The maximum absolute atomic E-state index is 12.4. The molecule has 1 saturated heterocycles. The van der Waals surface area contributed by atoms with Crippen LogP contribution in [0.4, 0.5) is 0 Å². The zero-order valence-electron chi connectivity index (χ0n) is 11.5. The van der Waals surface area contributed by atoms with Crippen LogP contribution in [-0.4, -0.2) is 36.5 Å². The van der Waals surface area contributed by atoms with E-state index in [0.29, 0.717) is 12.0 Å². The molecule has 0 bridgehead atoms. The Morgan fingerprint density at radius 1 is 1.63 bits per heavy atom. The number of nitrogens with one attached hydrogen (secondary N) is 1. The quantitative estimate of drug-likeness (QED) is 0.908. The van der Waals surface area contributed by atoms with Crippen LogP contribution in [0.2, 0.25) is 0 Å². The summed E-state index contributed by atoms with van der Waals surface area (Å²) in [5, 5.41) is 5.41. The highest BCUT2D eigenvalue weighted by Crippen LogP contribution is 2.24. The number of nitrogens with zero attached hydrogens (tertiary/aromatic N) is 1. The molecule has 0 aliphatic carbocycles. The molecular formula is C14H21BrN2OS. The maximum Gasteiger partial charge on any atom is 0.254 e. The number of halogens is 1. The van der Waals surface area contributed by atoms with Gasteiger partial charge in [0.05, 0.1) is 9.35 Å². The molecule has 1 aliphatic heterocycles. The molecule has 1 fully saturated rings. The van der Waals surface area contributed by atoms with Crippen molar-refractivity contribution >= 4 is 33.2 Å². The van der Waals surface area contributed by atoms with Crippen LogP contribution in [0, 0.1) is 5.92 Å². The van der Waals surface area contributed by atoms with Gasteiger partial charge in [0.1, 0.15) is 0 Å². The van der Waals surface area contributed by atoms with Gasteiger partial charge in [-0.25, -0.2) is 0 Å². The van der Waals surface area contributed by atoms with Crippen molar-refractivity contribution < 1.29 is 4.79 Å². The van der Waals surface area contributed by atoms with Crippen molar-refractivity contribution in [3.8, 4) is 0 Å². The molecule has 1 amide bonds. The van der Waals surface area contributed by atoms with Crippen LogP contribution in [0.15, 0.2) is 15.2 Å². The summed E-state index contributed by atoms with van der Waals surface area (Å²) in [5.74, 6) is 0.762. The van der Waals surface area contributed by atoms with Crippen molar-refractivity contribution in [3.05, 3.63) is 20.8 Å². The van der Waals surface area contributed by atoms with Gasteiger partial charge in [-0.05, 0) is 47.3 Å². The standard InChI is InChI=1S/C14H21BrN2OS/c1-10(2)16-7-11-4-3-5-17(8-11)14(18)12-6-13(15)19-9-12/h6,9-11,16H,3-5,7-8H2,1-2H3. The fourth-order valence-corrected chi connectivity index (χ4v) is 3.55. The van der Waals surface area contributed by atoms with Crippen LogP contribution >= 0.6 is 27.3 Å². The summed E-state index contributed by atoms with van der Waals surface area (Å²) in [5.41, 5.74) is 0.814. The van der Waals surface area contributed by atoms with Crippen LogP contribution < -0.4 is 5.32 Å². The number of carbonyl (C=O) groups is 1. The van der Waals surface area contributed by atoms with E-state index in [1.165, 1.54) is 6.42 Å². The molecule has 1 aromatic rings. The number of likely N-dealkylation sites (tertiary alicyclic amines) is 1. The minimum Gasteiger partial charge on any atom is -0.338 e. The summed E-state index contributed by atoms with van der Waals surface area (Å²) in [6, 6.07) is 2.43. The molecule has 1 N–H and O–H groups in total. The van der Waals surface area contributed by atoms with Crippen molar-refractivity contribution in [2.24, 2.45) is 5.92 Å². The summed E-state index contributed by atoms with van der Waals surface area (Å²) >= 11 is 4.98. The molecule has 106 valence electrons. The van der Waals surface area contributed by atoms with Crippen LogP contribution in [0.25, 0.3) is 0 Å². The van der Waals surface area contributed by atoms with E-state index >= 15 is 0 Å². The lowest BCUT2D eigenvalue weighted by atomic mass is 9.97. The van der Waals surface area contributed by atoms with Crippen LogP contribution in [0.3, 0.4) is 0 Å². The number of rotatable bonds is 4. The summed E-state index contributed by atoms with van der Waals surface area (Å²) in [7, 11) is 0. The molecule has 0 saturated carbocycles. The van der Waals surface area contributed by atoms with E-state index in [1.807, 2.05) is 16.3 Å². The van der Waals surface area contributed by atoms with Gasteiger partial charge >= 0.3 is 0 Å². The van der Waals surface area contributed by atoms with Gasteiger partial charge in [-0.1, -0.05) is 13.8 Å². The number of amides is 1. The molecule has 19 heavy (non-hydrogen) atoms. The number of hydrogen-bond donors (Lipinski definition) is 1. The first-order valence-electron chi connectivity index (χ1n) is 6.83. The largest absolute Gasteiger partial charge is 0.338 e. The van der Waals surface area contributed by atoms with E-state index in [2.05, 4.69) is 35.1 Å². The number of thiophene rings is 1. The third-order valence-electron chi connectivity index (χ3n) is 3.44. The lowest BCUT2D eigenvalue weighted by Gasteiger charge is -2.33. The highest BCUT2D eigenvalue weighted by atomic mass is 79.9. The van der Waals surface area contributed by atoms with Gasteiger partial charge in [0.15, 0.2) is 0 Å². The highest BCUT2D eigenvalue weighted by Gasteiger charge is 2.24. The molecule has 0 aromatic carbocycles. The Bertz CT molecular complexity index is 433. The fraction of sp³-hybridized carbons (Fsp3) is 0.643. The summed E-state index contributed by atoms with van der Waals surface area (Å²) in [4.78, 5) is 14.4. The monoisotopic (exact) mass is 344 g/mol. The zero-order valence-corrected chi connectivity index (χ0v) is 13.9. The van der Waals surface area contributed by atoms with E-state index < -0.39 is 0 Å². The van der Waals surface area contributed by atoms with Crippen LogP contribution in [0.5, 0.6) is 0 Å². The van der Waals surface area contributed by atoms with E-state index in [0.717, 1.165) is 35.4 Å². The molecular weight excluding hydrogens is 324 g/mol. The normalized spacial score (nSPS) is 20.0. The van der Waals surface area contributed by atoms with Crippen molar-refractivity contribution in [1.82, 2.24) is 10.2 Å². The molecule has 5 heteroatoms. The van der Waals surface area contributed by atoms with Crippen molar-refractivity contribution in [2.75, 3.05) is 19.6 Å². The number of carbonyl (C=O) groups excluding carboxylic acids is 1. The SMILES string of the molecule is CC(C)NCC1CCCN(C(=O)c2csc(Br)c2)C1. The predicted octanol–water partition coefficient (Wildman–Crippen LogP) is 3.36. The van der Waals surface area contributed by atoms with E-state index in [1.54, 1.807) is 11.3 Å². The maximum atomic E-state index is 12.4. The van der Waals surface area contributed by atoms with Gasteiger partial charge in [-0.15, -0.1) is 11.3 Å². The Kier molecular flexibility index (Phi) is 5.42. The molecule has 2 heterocycles. The van der Waals surface area contributed by atoms with Gasteiger partial charge in [-0.2, -0.15) is 0 Å². The van der Waals surface area contributed by atoms with Gasteiger partial charge < -0.3 is 10.2 Å². The topological polar surface area (TPSA) is 32.3 Å². The van der Waals surface area contributed by atoms with Crippen molar-refractivity contribution in [3.63, 3.8) is 0 Å². The summed E-state index contributed by atoms with van der Waals surface area (Å²) in [6.45, 7) is 7.11.